The molecule has 0 aliphatic carbocycles. The molecule has 7 heteroatoms. The predicted molar refractivity (Wildman–Crippen MR) is 43.9 cm³/mol. The Balaban J connectivity index is 3.48. The smallest absolute Gasteiger partial charge is 0.356 e. The number of carboxylic acid groups (broad SMARTS) is 1. The first kappa shape index (κ1) is 8.72. The van der Waals surface area contributed by atoms with E-state index in [-0.39, 0.29) is 10.4 Å². The van der Waals surface area contributed by atoms with Crippen LogP contribution >= 0.6 is 15.9 Å². The minimum Gasteiger partial charge on any atom is -0.476 e. The zero-order valence-electron chi connectivity index (χ0n) is 5.67. The molecule has 0 spiro atoms. The number of nitrogens with two attached hydrogens (primary N) is 1. The highest BCUT2D eigenvalue weighted by Gasteiger charge is 2.13. The van der Waals surface area contributed by atoms with Crippen LogP contribution in [0, 0.1) is 0 Å². The number of hydrogen-bond acceptors (Lipinski definition) is 4. The van der Waals surface area contributed by atoms with E-state index < -0.39 is 17.2 Å². The first-order valence-electron chi connectivity index (χ1n) is 2.81. The van der Waals surface area contributed by atoms with E-state index in [9.17, 15) is 9.59 Å². The van der Waals surface area contributed by atoms with E-state index in [2.05, 4.69) is 25.9 Å². The second-order valence-corrected chi connectivity index (χ2v) is 2.71. The molecule has 0 atom stereocenters. The van der Waals surface area contributed by atoms with Crippen molar-refractivity contribution in [1.29, 1.82) is 0 Å². The van der Waals surface area contributed by atoms with Crippen LogP contribution in [0.4, 0.5) is 5.95 Å². The number of anilines is 1. The van der Waals surface area contributed by atoms with Gasteiger partial charge in [0.15, 0.2) is 5.69 Å². The summed E-state index contributed by atoms with van der Waals surface area (Å²) < 4.78 is -0.135. The molecule has 0 bridgehead atoms. The second-order valence-electron chi connectivity index (χ2n) is 1.92. The molecule has 12 heavy (non-hydrogen) atoms. The third-order valence-electron chi connectivity index (χ3n) is 1.08. The molecule has 0 unspecified atom stereocenters. The number of nitrogens with one attached hydrogen (secondary N) is 1. The van der Waals surface area contributed by atoms with Gasteiger partial charge in [0.25, 0.3) is 5.56 Å². The lowest BCUT2D eigenvalue weighted by atomic mass is 10.4. The number of hydrogen-bond donors (Lipinski definition) is 3. The van der Waals surface area contributed by atoms with Gasteiger partial charge in [-0.1, -0.05) is 0 Å². The third kappa shape index (κ3) is 1.45. The first-order chi connectivity index (χ1) is 5.52. The Bertz CT molecular complexity index is 386. The maximum Gasteiger partial charge on any atom is 0.356 e. The second kappa shape index (κ2) is 2.94. The first-order valence-corrected chi connectivity index (χ1v) is 3.60. The Hall–Kier alpha value is -1.37. The van der Waals surface area contributed by atoms with Gasteiger partial charge in [-0.2, -0.15) is 0 Å². The van der Waals surface area contributed by atoms with Crippen molar-refractivity contribution in [2.24, 2.45) is 0 Å². The fraction of sp³-hybridized carbons (Fsp3) is 0. The van der Waals surface area contributed by atoms with Crippen LogP contribution in [0.5, 0.6) is 0 Å². The molecule has 1 rings (SSSR count). The molecule has 0 saturated heterocycles. The summed E-state index contributed by atoms with van der Waals surface area (Å²) in [5.41, 5.74) is 4.11. The number of nitrogens with zero attached hydrogens (tertiary/aromatic N) is 1. The van der Waals surface area contributed by atoms with Crippen LogP contribution in [0.3, 0.4) is 0 Å². The maximum atomic E-state index is 10.9. The average Bonchev–Trinajstić information content (AvgIpc) is 1.96. The third-order valence-corrected chi connectivity index (χ3v) is 1.82. The van der Waals surface area contributed by atoms with E-state index in [0.717, 1.165) is 0 Å². The molecule has 1 heterocycles. The molecule has 0 saturated carbocycles. The lowest BCUT2D eigenvalue weighted by Crippen LogP contribution is -2.17. The molecule has 6 nitrogen and oxygen atoms in total. The van der Waals surface area contributed by atoms with Crippen LogP contribution in [0.2, 0.25) is 0 Å². The highest BCUT2D eigenvalue weighted by Crippen LogP contribution is 2.08. The fourth-order valence-electron chi connectivity index (χ4n) is 0.618. The van der Waals surface area contributed by atoms with Gasteiger partial charge in [0, 0.05) is 0 Å². The van der Waals surface area contributed by atoms with Gasteiger partial charge in [0.05, 0.1) is 0 Å². The van der Waals surface area contributed by atoms with Gasteiger partial charge in [-0.15, -0.1) is 0 Å². The van der Waals surface area contributed by atoms with Gasteiger partial charge in [-0.25, -0.2) is 9.78 Å². The molecule has 0 fully saturated rings. The summed E-state index contributed by atoms with van der Waals surface area (Å²) in [6, 6.07) is 0. The highest BCUT2D eigenvalue weighted by atomic mass is 79.9. The van der Waals surface area contributed by atoms with Crippen LogP contribution in [0.25, 0.3) is 0 Å². The van der Waals surface area contributed by atoms with E-state index in [1.54, 1.807) is 0 Å². The van der Waals surface area contributed by atoms with Crippen LogP contribution in [0.15, 0.2) is 9.27 Å². The molecule has 4 N–H and O–H groups in total. The number of carbonyl (C=O) groups is 1. The lowest BCUT2D eigenvalue weighted by molar-refractivity contribution is 0.0689. The fourth-order valence-corrected chi connectivity index (χ4v) is 0.975. The van der Waals surface area contributed by atoms with Crippen molar-refractivity contribution in [2.45, 2.75) is 0 Å². The minimum absolute atomic E-state index is 0.135. The Labute approximate surface area is 74.6 Å². The van der Waals surface area contributed by atoms with Gasteiger partial charge < -0.3 is 10.8 Å². The standard InChI is InChI=1S/C5H4BrN3O3/c6-1-2(4(11)12)8-5(7)9-3(1)10/h(H,11,12)(H3,7,8,9,10). The van der Waals surface area contributed by atoms with Crippen molar-refractivity contribution in [2.75, 3.05) is 5.73 Å². The summed E-state index contributed by atoms with van der Waals surface area (Å²) >= 11 is 2.77. The van der Waals surface area contributed by atoms with E-state index >= 15 is 0 Å². The highest BCUT2D eigenvalue weighted by molar-refractivity contribution is 9.10. The molecule has 1 aromatic heterocycles. The number of aromatic carboxylic acids is 1. The van der Waals surface area contributed by atoms with Crippen molar-refractivity contribution < 1.29 is 9.90 Å². The molecule has 0 aliphatic heterocycles. The largest absolute Gasteiger partial charge is 0.476 e. The summed E-state index contributed by atoms with van der Waals surface area (Å²) in [5, 5.41) is 8.51. The summed E-state index contributed by atoms with van der Waals surface area (Å²) in [7, 11) is 0. The van der Waals surface area contributed by atoms with E-state index in [1.165, 1.54) is 0 Å². The Morgan fingerprint density at radius 2 is 2.25 bits per heavy atom. The molecule has 0 aromatic carbocycles. The molecule has 64 valence electrons. The molecule has 0 amide bonds. The number of aromatic nitrogens is 2. The zero-order valence-corrected chi connectivity index (χ0v) is 7.25. The molecule has 1 aromatic rings. The average molecular weight is 234 g/mol. The number of nitrogen functional groups attached to an aromatic ring is 1. The number of H-pyrrole nitrogens is 1. The number of carboxylic acids is 1. The SMILES string of the molecule is Nc1nc(C(=O)O)c(Br)c(=O)[nH]1. The Morgan fingerprint density at radius 1 is 1.67 bits per heavy atom. The molecule has 0 aliphatic rings. The van der Waals surface area contributed by atoms with E-state index in [4.69, 9.17) is 10.8 Å². The molecule has 0 radical (unpaired) electrons. The Kier molecular flexibility index (Phi) is 2.13. The summed E-state index contributed by atoms with van der Waals surface area (Å²) in [6.45, 7) is 0. The van der Waals surface area contributed by atoms with Gasteiger partial charge >= 0.3 is 5.97 Å². The monoisotopic (exact) mass is 233 g/mol. The van der Waals surface area contributed by atoms with Crippen molar-refractivity contribution >= 4 is 27.8 Å². The topological polar surface area (TPSA) is 109 Å². The maximum absolute atomic E-state index is 10.9. The Morgan fingerprint density at radius 3 is 2.75 bits per heavy atom. The molecular formula is C5H4BrN3O3. The molecular weight excluding hydrogens is 230 g/mol. The normalized spacial score (nSPS) is 9.75. The quantitative estimate of drug-likeness (QED) is 0.624. The number of aromatic amines is 1. The number of rotatable bonds is 1. The van der Waals surface area contributed by atoms with E-state index in [0.29, 0.717) is 0 Å². The van der Waals surface area contributed by atoms with Crippen molar-refractivity contribution in [3.05, 3.63) is 20.5 Å². The van der Waals surface area contributed by atoms with Crippen LogP contribution in [-0.2, 0) is 0 Å². The van der Waals surface area contributed by atoms with Crippen LogP contribution < -0.4 is 11.3 Å². The minimum atomic E-state index is -1.31. The van der Waals surface area contributed by atoms with Gasteiger partial charge in [-0.05, 0) is 15.9 Å². The van der Waals surface area contributed by atoms with Crippen molar-refractivity contribution in [1.82, 2.24) is 9.97 Å². The van der Waals surface area contributed by atoms with Gasteiger partial charge in [0.2, 0.25) is 5.95 Å². The summed E-state index contributed by atoms with van der Waals surface area (Å²) in [6.07, 6.45) is 0. The van der Waals surface area contributed by atoms with Crippen LogP contribution in [0.1, 0.15) is 10.5 Å². The lowest BCUT2D eigenvalue weighted by Gasteiger charge is -1.97. The van der Waals surface area contributed by atoms with Gasteiger partial charge in [0.1, 0.15) is 4.47 Å². The predicted octanol–water partition coefficient (Wildman–Crippen LogP) is -0.187. The van der Waals surface area contributed by atoms with Crippen LogP contribution in [-0.4, -0.2) is 21.0 Å². The summed E-state index contributed by atoms with van der Waals surface area (Å²) in [4.78, 5) is 26.8. The van der Waals surface area contributed by atoms with Crippen molar-refractivity contribution in [3.8, 4) is 0 Å². The number of halogens is 1. The van der Waals surface area contributed by atoms with E-state index in [1.807, 2.05) is 0 Å². The van der Waals surface area contributed by atoms with Gasteiger partial charge in [-0.3, -0.25) is 9.78 Å². The summed E-state index contributed by atoms with van der Waals surface area (Å²) in [5.74, 6) is -1.53. The van der Waals surface area contributed by atoms with Crippen molar-refractivity contribution in [3.63, 3.8) is 0 Å². The zero-order chi connectivity index (χ0) is 9.30.